The SMILES string of the molecule is CC(Br)C(Br)C[N+](C)(C)C. The monoisotopic (exact) mass is 272 g/mol. The number of hydrogen-bond acceptors (Lipinski definition) is 0. The van der Waals surface area contributed by atoms with Crippen LogP contribution >= 0.6 is 31.9 Å². The topological polar surface area (TPSA) is 0 Å². The first-order valence-electron chi connectivity index (χ1n) is 3.41. The highest BCUT2D eigenvalue weighted by Crippen LogP contribution is 2.15. The van der Waals surface area contributed by atoms with E-state index >= 15 is 0 Å². The van der Waals surface area contributed by atoms with Crippen LogP contribution in [-0.4, -0.2) is 41.8 Å². The van der Waals surface area contributed by atoms with Crippen molar-refractivity contribution < 1.29 is 4.48 Å². The molecule has 2 unspecified atom stereocenters. The highest BCUT2D eigenvalue weighted by molar-refractivity contribution is 9.12. The molecular formula is C7H16Br2N+. The summed E-state index contributed by atoms with van der Waals surface area (Å²) in [6.07, 6.45) is 0. The summed E-state index contributed by atoms with van der Waals surface area (Å²) in [5, 5.41) is 0. The number of rotatable bonds is 3. The minimum absolute atomic E-state index is 0.546. The predicted octanol–water partition coefficient (Wildman–Crippen LogP) is 2.24. The maximum Gasteiger partial charge on any atom is 0.0918 e. The molecule has 0 fully saturated rings. The lowest BCUT2D eigenvalue weighted by atomic mass is 10.3. The van der Waals surface area contributed by atoms with Crippen molar-refractivity contribution in [3.63, 3.8) is 0 Å². The van der Waals surface area contributed by atoms with E-state index in [0.717, 1.165) is 11.0 Å². The average Bonchev–Trinajstić information content (AvgIpc) is 1.60. The molecule has 3 heteroatoms. The molecule has 0 aliphatic rings. The number of alkyl halides is 2. The van der Waals surface area contributed by atoms with Crippen molar-refractivity contribution in [1.82, 2.24) is 0 Å². The maximum atomic E-state index is 3.62. The summed E-state index contributed by atoms with van der Waals surface area (Å²) >= 11 is 7.15. The second-order valence-corrected chi connectivity index (χ2v) is 6.29. The van der Waals surface area contributed by atoms with Crippen LogP contribution in [0.2, 0.25) is 0 Å². The van der Waals surface area contributed by atoms with E-state index in [1.807, 2.05) is 0 Å². The van der Waals surface area contributed by atoms with Gasteiger partial charge in [-0.3, -0.25) is 0 Å². The predicted molar refractivity (Wildman–Crippen MR) is 54.0 cm³/mol. The smallest absolute Gasteiger partial charge is 0.0918 e. The normalized spacial score (nSPS) is 18.6. The minimum Gasteiger partial charge on any atom is -0.330 e. The Morgan fingerprint density at radius 2 is 1.60 bits per heavy atom. The van der Waals surface area contributed by atoms with Gasteiger partial charge in [-0.25, -0.2) is 0 Å². The Kier molecular flexibility index (Phi) is 4.45. The van der Waals surface area contributed by atoms with E-state index in [1.165, 1.54) is 0 Å². The van der Waals surface area contributed by atoms with E-state index in [2.05, 4.69) is 59.9 Å². The minimum atomic E-state index is 0.546. The standard InChI is InChI=1S/C7H16Br2N/c1-6(8)7(9)5-10(2,3)4/h6-7H,5H2,1-4H3/q+1. The molecule has 0 N–H and O–H groups in total. The summed E-state index contributed by atoms with van der Waals surface area (Å²) < 4.78 is 1.01. The molecule has 0 heterocycles. The highest BCUT2D eigenvalue weighted by atomic mass is 79.9. The molecule has 0 saturated heterocycles. The summed E-state index contributed by atoms with van der Waals surface area (Å²) in [6, 6.07) is 0. The molecule has 0 radical (unpaired) electrons. The third kappa shape index (κ3) is 5.69. The van der Waals surface area contributed by atoms with Gasteiger partial charge < -0.3 is 4.48 Å². The van der Waals surface area contributed by atoms with Gasteiger partial charge in [0, 0.05) is 4.83 Å². The van der Waals surface area contributed by atoms with Crippen molar-refractivity contribution in [3.05, 3.63) is 0 Å². The van der Waals surface area contributed by atoms with Crippen LogP contribution in [-0.2, 0) is 0 Å². The van der Waals surface area contributed by atoms with E-state index in [9.17, 15) is 0 Å². The molecule has 0 amide bonds. The second kappa shape index (κ2) is 4.07. The lowest BCUT2D eigenvalue weighted by Crippen LogP contribution is -2.41. The molecule has 0 aromatic heterocycles. The molecule has 0 aromatic carbocycles. The van der Waals surface area contributed by atoms with Crippen LogP contribution in [0.25, 0.3) is 0 Å². The van der Waals surface area contributed by atoms with Crippen molar-refractivity contribution in [3.8, 4) is 0 Å². The van der Waals surface area contributed by atoms with Gasteiger partial charge in [0.2, 0.25) is 0 Å². The van der Waals surface area contributed by atoms with Crippen molar-refractivity contribution in [2.45, 2.75) is 16.6 Å². The Hall–Kier alpha value is 0.920. The molecule has 2 atom stereocenters. The van der Waals surface area contributed by atoms with Crippen LogP contribution < -0.4 is 0 Å². The maximum absolute atomic E-state index is 3.62. The van der Waals surface area contributed by atoms with Crippen LogP contribution in [0, 0.1) is 0 Å². The number of hydrogen-bond donors (Lipinski definition) is 0. The summed E-state index contributed by atoms with van der Waals surface area (Å²) in [4.78, 5) is 1.11. The number of quaternary nitrogens is 1. The fourth-order valence-corrected chi connectivity index (χ4v) is 1.70. The molecule has 0 aromatic rings. The Morgan fingerprint density at radius 1 is 1.20 bits per heavy atom. The largest absolute Gasteiger partial charge is 0.330 e. The van der Waals surface area contributed by atoms with E-state index in [1.54, 1.807) is 0 Å². The van der Waals surface area contributed by atoms with Crippen LogP contribution in [0.3, 0.4) is 0 Å². The average molecular weight is 274 g/mol. The zero-order valence-corrected chi connectivity index (χ0v) is 10.2. The quantitative estimate of drug-likeness (QED) is 0.547. The van der Waals surface area contributed by atoms with Gasteiger partial charge in [-0.1, -0.05) is 38.8 Å². The van der Waals surface area contributed by atoms with Gasteiger partial charge in [-0.2, -0.15) is 0 Å². The van der Waals surface area contributed by atoms with E-state index in [4.69, 9.17) is 0 Å². The highest BCUT2D eigenvalue weighted by Gasteiger charge is 2.18. The van der Waals surface area contributed by atoms with Gasteiger partial charge in [0.25, 0.3) is 0 Å². The summed E-state index contributed by atoms with van der Waals surface area (Å²) in [7, 11) is 6.59. The number of halogens is 2. The molecule has 10 heavy (non-hydrogen) atoms. The fraction of sp³-hybridized carbons (Fsp3) is 1.00. The zero-order valence-electron chi connectivity index (χ0n) is 7.06. The molecule has 0 saturated carbocycles. The zero-order chi connectivity index (χ0) is 8.36. The Balaban J connectivity index is 3.68. The van der Waals surface area contributed by atoms with Gasteiger partial charge in [-0.05, 0) is 0 Å². The number of nitrogens with zero attached hydrogens (tertiary/aromatic N) is 1. The van der Waals surface area contributed by atoms with Gasteiger partial charge in [0.15, 0.2) is 0 Å². The van der Waals surface area contributed by atoms with Gasteiger partial charge in [0.05, 0.1) is 32.5 Å². The third-order valence-electron chi connectivity index (χ3n) is 1.22. The molecule has 0 aliphatic heterocycles. The van der Waals surface area contributed by atoms with Gasteiger partial charge in [-0.15, -0.1) is 0 Å². The van der Waals surface area contributed by atoms with Crippen LogP contribution in [0.15, 0.2) is 0 Å². The fourth-order valence-electron chi connectivity index (χ4n) is 0.668. The van der Waals surface area contributed by atoms with Gasteiger partial charge in [0.1, 0.15) is 0 Å². The van der Waals surface area contributed by atoms with E-state index in [0.29, 0.717) is 9.65 Å². The lowest BCUT2D eigenvalue weighted by Gasteiger charge is -2.27. The van der Waals surface area contributed by atoms with Crippen LogP contribution in [0.1, 0.15) is 6.92 Å². The van der Waals surface area contributed by atoms with E-state index in [-0.39, 0.29) is 0 Å². The summed E-state index contributed by atoms with van der Waals surface area (Å²) in [6.45, 7) is 3.31. The molecular weight excluding hydrogens is 258 g/mol. The molecule has 0 aliphatic carbocycles. The van der Waals surface area contributed by atoms with Gasteiger partial charge >= 0.3 is 0 Å². The molecule has 1 nitrogen and oxygen atoms in total. The summed E-state index contributed by atoms with van der Waals surface area (Å²) in [5.41, 5.74) is 0. The molecule has 0 rings (SSSR count). The van der Waals surface area contributed by atoms with Crippen LogP contribution in [0.5, 0.6) is 0 Å². The summed E-state index contributed by atoms with van der Waals surface area (Å²) in [5.74, 6) is 0. The first-order chi connectivity index (χ1) is 4.33. The van der Waals surface area contributed by atoms with Crippen molar-refractivity contribution in [2.24, 2.45) is 0 Å². The third-order valence-corrected chi connectivity index (χ3v) is 3.65. The Bertz CT molecular complexity index is 96.3. The van der Waals surface area contributed by atoms with Crippen molar-refractivity contribution >= 4 is 31.9 Å². The van der Waals surface area contributed by atoms with Crippen molar-refractivity contribution in [2.75, 3.05) is 27.7 Å². The molecule has 62 valence electrons. The lowest BCUT2D eigenvalue weighted by molar-refractivity contribution is -0.869. The van der Waals surface area contributed by atoms with E-state index < -0.39 is 0 Å². The second-order valence-electron chi connectivity index (χ2n) is 3.67. The first-order valence-corrected chi connectivity index (χ1v) is 5.24. The molecule has 0 spiro atoms. The van der Waals surface area contributed by atoms with Crippen LogP contribution in [0.4, 0.5) is 0 Å². The Morgan fingerprint density at radius 3 is 1.70 bits per heavy atom. The Labute approximate surface area is 80.6 Å². The van der Waals surface area contributed by atoms with Crippen molar-refractivity contribution in [1.29, 1.82) is 0 Å². The first kappa shape index (κ1) is 10.9. The molecule has 0 bridgehead atoms.